The molecule has 0 aliphatic carbocycles. The molecule has 0 radical (unpaired) electrons. The van der Waals surface area contributed by atoms with E-state index in [-0.39, 0.29) is 5.91 Å². The van der Waals surface area contributed by atoms with Gasteiger partial charge < -0.3 is 9.42 Å². The van der Waals surface area contributed by atoms with Crippen molar-refractivity contribution in [2.24, 2.45) is 0 Å². The molecule has 0 saturated carbocycles. The number of aryl methyl sites for hydroxylation is 1. The van der Waals surface area contributed by atoms with E-state index in [0.29, 0.717) is 37.8 Å². The van der Waals surface area contributed by atoms with Gasteiger partial charge in [0.05, 0.1) is 6.54 Å². The Labute approximate surface area is 148 Å². The van der Waals surface area contributed by atoms with Crippen LogP contribution < -0.4 is 0 Å². The molecule has 2 aromatic heterocycles. The summed E-state index contributed by atoms with van der Waals surface area (Å²) in [6, 6.07) is 0.417. The number of hydrogen-bond acceptors (Lipinski definition) is 6. The van der Waals surface area contributed by atoms with Gasteiger partial charge in [-0.25, -0.2) is 9.97 Å². The maximum Gasteiger partial charge on any atom is 0.273 e. The van der Waals surface area contributed by atoms with Gasteiger partial charge in [-0.3, -0.25) is 9.69 Å². The third kappa shape index (κ3) is 3.42. The van der Waals surface area contributed by atoms with Gasteiger partial charge in [0, 0.05) is 42.4 Å². The van der Waals surface area contributed by atoms with E-state index in [1.807, 2.05) is 18.7 Å². The zero-order valence-electron chi connectivity index (χ0n) is 15.5. The first-order valence-electron chi connectivity index (χ1n) is 8.62. The van der Waals surface area contributed by atoms with E-state index < -0.39 is 0 Å². The van der Waals surface area contributed by atoms with Crippen molar-refractivity contribution in [3.8, 4) is 0 Å². The lowest BCUT2D eigenvalue weighted by atomic mass is 10.0. The van der Waals surface area contributed by atoms with Crippen molar-refractivity contribution in [3.05, 3.63) is 40.3 Å². The summed E-state index contributed by atoms with van der Waals surface area (Å²) in [5.41, 5.74) is 4.10. The maximum absolute atomic E-state index is 12.9. The molecule has 7 heteroatoms. The summed E-state index contributed by atoms with van der Waals surface area (Å²) in [7, 11) is 2.06. The van der Waals surface area contributed by atoms with E-state index >= 15 is 0 Å². The normalized spacial score (nSPS) is 14.3. The Balaban J connectivity index is 1.82. The molecule has 0 N–H and O–H groups in total. The van der Waals surface area contributed by atoms with Crippen LogP contribution in [-0.4, -0.2) is 50.5 Å². The highest BCUT2D eigenvalue weighted by atomic mass is 16.5. The fourth-order valence-corrected chi connectivity index (χ4v) is 2.88. The minimum absolute atomic E-state index is 0.0574. The van der Waals surface area contributed by atoms with Gasteiger partial charge in [-0.2, -0.15) is 0 Å². The second-order valence-electron chi connectivity index (χ2n) is 6.95. The average molecular weight is 343 g/mol. The van der Waals surface area contributed by atoms with Crippen molar-refractivity contribution >= 4 is 5.91 Å². The Morgan fingerprint density at radius 2 is 2.12 bits per heavy atom. The predicted molar refractivity (Wildman–Crippen MR) is 93.1 cm³/mol. The maximum atomic E-state index is 12.9. The summed E-state index contributed by atoms with van der Waals surface area (Å²) in [5.74, 6) is 0.838. The van der Waals surface area contributed by atoms with Crippen molar-refractivity contribution in [3.63, 3.8) is 0 Å². The fourth-order valence-electron chi connectivity index (χ4n) is 2.88. The number of nitrogens with zero attached hydrogens (tertiary/aromatic N) is 5. The summed E-state index contributed by atoms with van der Waals surface area (Å²) in [6.07, 6.45) is 2.13. The molecule has 0 fully saturated rings. The number of rotatable bonds is 4. The smallest absolute Gasteiger partial charge is 0.273 e. The molecule has 0 atom stereocenters. The van der Waals surface area contributed by atoms with E-state index in [0.717, 1.165) is 28.3 Å². The minimum atomic E-state index is -0.0574. The quantitative estimate of drug-likeness (QED) is 0.846. The van der Waals surface area contributed by atoms with Crippen LogP contribution >= 0.6 is 0 Å². The van der Waals surface area contributed by atoms with Gasteiger partial charge in [0.2, 0.25) is 0 Å². The van der Waals surface area contributed by atoms with Crippen LogP contribution in [0.3, 0.4) is 0 Å². The summed E-state index contributed by atoms with van der Waals surface area (Å²) >= 11 is 0. The van der Waals surface area contributed by atoms with E-state index in [1.54, 1.807) is 0 Å². The lowest BCUT2D eigenvalue weighted by Gasteiger charge is -2.27. The zero-order valence-corrected chi connectivity index (χ0v) is 15.5. The molecule has 0 saturated heterocycles. The largest absolute Gasteiger partial charge is 0.361 e. The highest BCUT2D eigenvalue weighted by Crippen LogP contribution is 2.25. The number of fused-ring (bicyclic) bond motifs is 1. The Hall–Kier alpha value is -2.28. The van der Waals surface area contributed by atoms with Crippen molar-refractivity contribution in [1.82, 2.24) is 24.9 Å². The second-order valence-corrected chi connectivity index (χ2v) is 6.95. The Bertz CT molecular complexity index is 784. The van der Waals surface area contributed by atoms with Crippen LogP contribution in [0.15, 0.2) is 10.9 Å². The number of aromatic nitrogens is 3. The molecule has 3 heterocycles. The lowest BCUT2D eigenvalue weighted by Crippen LogP contribution is -2.37. The molecule has 25 heavy (non-hydrogen) atoms. The van der Waals surface area contributed by atoms with Gasteiger partial charge in [0.15, 0.2) is 0 Å². The summed E-state index contributed by atoms with van der Waals surface area (Å²) in [5, 5.41) is 4.24. The van der Waals surface area contributed by atoms with Crippen LogP contribution in [0, 0.1) is 13.8 Å². The van der Waals surface area contributed by atoms with Gasteiger partial charge in [-0.05, 0) is 34.7 Å². The standard InChI is InChI=1S/C18H25N5O2/c1-11(2)22(5)9-15-14-8-23(7-6-16(14)25-21-15)18(24)17-12(3)13(4)19-10-20-17/h10-11H,6-9H2,1-5H3. The van der Waals surface area contributed by atoms with Crippen molar-refractivity contribution in [2.75, 3.05) is 13.6 Å². The molecular weight excluding hydrogens is 318 g/mol. The van der Waals surface area contributed by atoms with Gasteiger partial charge in [0.1, 0.15) is 23.5 Å². The topological polar surface area (TPSA) is 75.4 Å². The molecule has 1 aliphatic heterocycles. The third-order valence-electron chi connectivity index (χ3n) is 5.02. The van der Waals surface area contributed by atoms with Crippen molar-refractivity contribution in [2.45, 2.75) is 53.2 Å². The fraction of sp³-hybridized carbons (Fsp3) is 0.556. The lowest BCUT2D eigenvalue weighted by molar-refractivity contribution is 0.0721. The molecule has 2 aromatic rings. The molecule has 134 valence electrons. The van der Waals surface area contributed by atoms with E-state index in [9.17, 15) is 4.79 Å². The molecule has 3 rings (SSSR count). The molecule has 0 spiro atoms. The Morgan fingerprint density at radius 1 is 1.36 bits per heavy atom. The average Bonchev–Trinajstić information content (AvgIpc) is 2.99. The van der Waals surface area contributed by atoms with E-state index in [4.69, 9.17) is 4.52 Å². The monoisotopic (exact) mass is 343 g/mol. The van der Waals surface area contributed by atoms with Crippen molar-refractivity contribution < 1.29 is 9.32 Å². The molecule has 0 unspecified atom stereocenters. The molecule has 1 aliphatic rings. The Morgan fingerprint density at radius 3 is 2.84 bits per heavy atom. The molecule has 7 nitrogen and oxygen atoms in total. The first-order chi connectivity index (χ1) is 11.9. The molecular formula is C18H25N5O2. The highest BCUT2D eigenvalue weighted by Gasteiger charge is 2.29. The van der Waals surface area contributed by atoms with Crippen molar-refractivity contribution in [1.29, 1.82) is 0 Å². The van der Waals surface area contributed by atoms with E-state index in [2.05, 4.69) is 40.9 Å². The third-order valence-corrected chi connectivity index (χ3v) is 5.02. The van der Waals surface area contributed by atoms with Crippen LogP contribution in [-0.2, 0) is 19.5 Å². The predicted octanol–water partition coefficient (Wildman–Crippen LogP) is 2.12. The summed E-state index contributed by atoms with van der Waals surface area (Å²) in [4.78, 5) is 25.3. The highest BCUT2D eigenvalue weighted by molar-refractivity contribution is 5.93. The van der Waals surface area contributed by atoms with Gasteiger partial charge in [-0.1, -0.05) is 5.16 Å². The zero-order chi connectivity index (χ0) is 18.1. The summed E-state index contributed by atoms with van der Waals surface area (Å²) in [6.45, 7) is 9.90. The number of carbonyl (C=O) groups is 1. The second kappa shape index (κ2) is 6.92. The van der Waals surface area contributed by atoms with Crippen LogP contribution in [0.4, 0.5) is 0 Å². The minimum Gasteiger partial charge on any atom is -0.361 e. The SMILES string of the molecule is Cc1ncnc(C(=O)N2CCc3onc(CN(C)C(C)C)c3C2)c1C. The Kier molecular flexibility index (Phi) is 4.85. The van der Waals surface area contributed by atoms with E-state index in [1.165, 1.54) is 6.33 Å². The first kappa shape index (κ1) is 17.5. The number of carbonyl (C=O) groups excluding carboxylic acids is 1. The number of amides is 1. The molecule has 0 aromatic carbocycles. The molecule has 1 amide bonds. The summed E-state index contributed by atoms with van der Waals surface area (Å²) < 4.78 is 5.50. The van der Waals surface area contributed by atoms with Crippen LogP contribution in [0.2, 0.25) is 0 Å². The van der Waals surface area contributed by atoms with Gasteiger partial charge in [0.25, 0.3) is 5.91 Å². The van der Waals surface area contributed by atoms with Gasteiger partial charge in [-0.15, -0.1) is 0 Å². The van der Waals surface area contributed by atoms with Crippen LogP contribution in [0.5, 0.6) is 0 Å². The first-order valence-corrected chi connectivity index (χ1v) is 8.62. The van der Waals surface area contributed by atoms with Crippen LogP contribution in [0.1, 0.15) is 52.6 Å². The van der Waals surface area contributed by atoms with Crippen LogP contribution in [0.25, 0.3) is 0 Å². The number of hydrogen-bond donors (Lipinski definition) is 0. The van der Waals surface area contributed by atoms with Gasteiger partial charge >= 0.3 is 0 Å². The molecule has 0 bridgehead atoms.